The van der Waals surface area contributed by atoms with Crippen LogP contribution in [0, 0.1) is 23.5 Å². The summed E-state index contributed by atoms with van der Waals surface area (Å²) in [5.41, 5.74) is 2.66. The monoisotopic (exact) mass is 332 g/mol. The van der Waals surface area contributed by atoms with Crippen molar-refractivity contribution in [1.29, 1.82) is 0 Å². The van der Waals surface area contributed by atoms with E-state index in [0.717, 1.165) is 25.7 Å². The number of nitrogens with one attached hydrogen (secondary N) is 1. The van der Waals surface area contributed by atoms with E-state index in [1.54, 1.807) is 0 Å². The van der Waals surface area contributed by atoms with Crippen molar-refractivity contribution in [2.24, 2.45) is 17.7 Å². The number of hydrogen-bond acceptors (Lipinski definition) is 2. The molecule has 1 aromatic rings. The molecule has 19 heavy (non-hydrogen) atoms. The molecule has 1 atom stereocenters. The van der Waals surface area contributed by atoms with Gasteiger partial charge in [-0.1, -0.05) is 19.8 Å². The number of halogens is 3. The molecule has 1 aliphatic carbocycles. The van der Waals surface area contributed by atoms with Crippen molar-refractivity contribution in [2.45, 2.75) is 38.6 Å². The van der Waals surface area contributed by atoms with Gasteiger partial charge in [0.2, 0.25) is 0 Å². The van der Waals surface area contributed by atoms with Gasteiger partial charge in [-0.2, -0.15) is 0 Å². The van der Waals surface area contributed by atoms with Crippen molar-refractivity contribution >= 4 is 15.9 Å². The van der Waals surface area contributed by atoms with Gasteiger partial charge in [-0.05, 0) is 52.7 Å². The maximum atomic E-state index is 14.1. The highest BCUT2D eigenvalue weighted by Crippen LogP contribution is 2.39. The second kappa shape index (κ2) is 6.29. The fourth-order valence-corrected chi connectivity index (χ4v) is 3.25. The number of hydrazine groups is 1. The lowest BCUT2D eigenvalue weighted by atomic mass is 9.77. The third kappa shape index (κ3) is 3.15. The number of rotatable bonds is 3. The van der Waals surface area contributed by atoms with Gasteiger partial charge in [-0.15, -0.1) is 0 Å². The van der Waals surface area contributed by atoms with E-state index >= 15 is 0 Å². The highest BCUT2D eigenvalue weighted by molar-refractivity contribution is 9.10. The summed E-state index contributed by atoms with van der Waals surface area (Å²) in [6, 6.07) is 2.19. The molecular weight excluding hydrogens is 314 g/mol. The van der Waals surface area contributed by atoms with Crippen molar-refractivity contribution in [3.63, 3.8) is 0 Å². The minimum Gasteiger partial charge on any atom is -0.271 e. The lowest BCUT2D eigenvalue weighted by Crippen LogP contribution is -2.36. The quantitative estimate of drug-likeness (QED) is 0.497. The Balaban J connectivity index is 2.29. The van der Waals surface area contributed by atoms with Crippen molar-refractivity contribution in [1.82, 2.24) is 5.43 Å². The zero-order valence-electron chi connectivity index (χ0n) is 10.9. The lowest BCUT2D eigenvalue weighted by molar-refractivity contribution is 0.225. The summed E-state index contributed by atoms with van der Waals surface area (Å²) in [7, 11) is 0. The van der Waals surface area contributed by atoms with Crippen LogP contribution in [0.2, 0.25) is 0 Å². The molecule has 2 nitrogen and oxygen atoms in total. The zero-order valence-corrected chi connectivity index (χ0v) is 12.5. The minimum atomic E-state index is -0.554. The zero-order chi connectivity index (χ0) is 14.0. The second-order valence-electron chi connectivity index (χ2n) is 5.42. The average Bonchev–Trinajstić information content (AvgIpc) is 2.40. The van der Waals surface area contributed by atoms with E-state index < -0.39 is 17.7 Å². The predicted octanol–water partition coefficient (Wildman–Crippen LogP) is 4.06. The van der Waals surface area contributed by atoms with Crippen LogP contribution in [0.25, 0.3) is 0 Å². The first-order chi connectivity index (χ1) is 9.04. The molecule has 1 aromatic carbocycles. The first-order valence-electron chi connectivity index (χ1n) is 6.64. The van der Waals surface area contributed by atoms with E-state index in [9.17, 15) is 8.78 Å². The predicted molar refractivity (Wildman–Crippen MR) is 75.2 cm³/mol. The molecule has 0 heterocycles. The molecule has 3 N–H and O–H groups in total. The molecule has 1 unspecified atom stereocenters. The van der Waals surface area contributed by atoms with E-state index in [0.29, 0.717) is 5.92 Å². The Morgan fingerprint density at radius 2 is 1.89 bits per heavy atom. The first-order valence-corrected chi connectivity index (χ1v) is 7.43. The molecule has 2 rings (SSSR count). The summed E-state index contributed by atoms with van der Waals surface area (Å²) in [6.45, 7) is 2.21. The van der Waals surface area contributed by atoms with Crippen LogP contribution in [-0.4, -0.2) is 0 Å². The highest BCUT2D eigenvalue weighted by Gasteiger charge is 2.31. The SMILES string of the molecule is CC1CCC(C(NN)c2c(F)ccc(Br)c2F)CC1. The van der Waals surface area contributed by atoms with E-state index in [1.807, 2.05) is 0 Å². The van der Waals surface area contributed by atoms with Crippen LogP contribution in [0.3, 0.4) is 0 Å². The fourth-order valence-electron chi connectivity index (χ4n) is 2.90. The smallest absolute Gasteiger partial charge is 0.145 e. The van der Waals surface area contributed by atoms with Gasteiger partial charge < -0.3 is 0 Å². The maximum Gasteiger partial charge on any atom is 0.145 e. The van der Waals surface area contributed by atoms with Crippen LogP contribution in [0.1, 0.15) is 44.2 Å². The molecule has 106 valence electrons. The summed E-state index contributed by atoms with van der Waals surface area (Å²) in [6.07, 6.45) is 4.06. The van der Waals surface area contributed by atoms with Gasteiger partial charge in [-0.3, -0.25) is 11.3 Å². The van der Waals surface area contributed by atoms with Crippen LogP contribution < -0.4 is 11.3 Å². The Kier molecular flexibility index (Phi) is 4.92. The van der Waals surface area contributed by atoms with E-state index in [4.69, 9.17) is 5.84 Å². The van der Waals surface area contributed by atoms with E-state index in [2.05, 4.69) is 28.3 Å². The maximum absolute atomic E-state index is 14.1. The molecule has 0 aromatic heterocycles. The third-order valence-corrected chi connectivity index (χ3v) is 4.71. The van der Waals surface area contributed by atoms with Crippen molar-refractivity contribution in [3.8, 4) is 0 Å². The summed E-state index contributed by atoms with van der Waals surface area (Å²) in [5, 5.41) is 0. The van der Waals surface area contributed by atoms with Gasteiger partial charge in [0, 0.05) is 5.56 Å². The van der Waals surface area contributed by atoms with Gasteiger partial charge >= 0.3 is 0 Å². The Hall–Kier alpha value is -0.520. The number of benzene rings is 1. The standard InChI is InChI=1S/C14H19BrF2N2/c1-8-2-4-9(5-3-8)14(19-18)12-11(16)7-6-10(15)13(12)17/h6-9,14,19H,2-5,18H2,1H3. The molecule has 1 aliphatic rings. The summed E-state index contributed by atoms with van der Waals surface area (Å²) in [4.78, 5) is 0. The minimum absolute atomic E-state index is 0.0522. The molecule has 1 fully saturated rings. The molecule has 0 bridgehead atoms. The Labute approximate surface area is 120 Å². The van der Waals surface area contributed by atoms with Crippen molar-refractivity contribution in [2.75, 3.05) is 0 Å². The number of hydrogen-bond donors (Lipinski definition) is 2. The van der Waals surface area contributed by atoms with Crippen LogP contribution in [0.5, 0.6) is 0 Å². The Morgan fingerprint density at radius 3 is 2.47 bits per heavy atom. The van der Waals surface area contributed by atoms with Gasteiger partial charge in [0.25, 0.3) is 0 Å². The summed E-state index contributed by atoms with van der Waals surface area (Å²) in [5.74, 6) is 5.33. The van der Waals surface area contributed by atoms with Crippen molar-refractivity contribution in [3.05, 3.63) is 33.8 Å². The lowest BCUT2D eigenvalue weighted by Gasteiger charge is -2.33. The molecule has 0 radical (unpaired) electrons. The van der Waals surface area contributed by atoms with Crippen LogP contribution in [0.15, 0.2) is 16.6 Å². The largest absolute Gasteiger partial charge is 0.271 e. The molecule has 0 amide bonds. The van der Waals surface area contributed by atoms with Crippen LogP contribution in [0.4, 0.5) is 8.78 Å². The molecule has 0 spiro atoms. The summed E-state index contributed by atoms with van der Waals surface area (Å²) < 4.78 is 28.4. The molecular formula is C14H19BrF2N2. The van der Waals surface area contributed by atoms with Crippen molar-refractivity contribution < 1.29 is 8.78 Å². The van der Waals surface area contributed by atoms with E-state index in [-0.39, 0.29) is 16.0 Å². The van der Waals surface area contributed by atoms with Gasteiger partial charge in [0.05, 0.1) is 10.5 Å². The van der Waals surface area contributed by atoms with E-state index in [1.165, 1.54) is 12.1 Å². The first kappa shape index (κ1) is 14.9. The summed E-state index contributed by atoms with van der Waals surface area (Å²) >= 11 is 3.10. The molecule has 0 saturated heterocycles. The molecule has 1 saturated carbocycles. The van der Waals surface area contributed by atoms with Gasteiger partial charge in [-0.25, -0.2) is 8.78 Å². The number of nitrogens with two attached hydrogens (primary N) is 1. The highest BCUT2D eigenvalue weighted by atomic mass is 79.9. The third-order valence-electron chi connectivity index (χ3n) is 4.10. The Morgan fingerprint density at radius 1 is 1.26 bits per heavy atom. The Bertz CT molecular complexity index is 445. The molecule has 0 aliphatic heterocycles. The topological polar surface area (TPSA) is 38.0 Å². The fraction of sp³-hybridized carbons (Fsp3) is 0.571. The second-order valence-corrected chi connectivity index (χ2v) is 6.28. The van der Waals surface area contributed by atoms with Gasteiger partial charge in [0.15, 0.2) is 0 Å². The average molecular weight is 333 g/mol. The normalized spacial score (nSPS) is 25.3. The van der Waals surface area contributed by atoms with Crippen LogP contribution in [-0.2, 0) is 0 Å². The molecule has 5 heteroatoms. The van der Waals surface area contributed by atoms with Gasteiger partial charge in [0.1, 0.15) is 11.6 Å². The van der Waals surface area contributed by atoms with Crippen LogP contribution >= 0.6 is 15.9 Å².